The molecule has 0 aliphatic carbocycles. The Bertz CT molecular complexity index is 408. The van der Waals surface area contributed by atoms with Crippen molar-refractivity contribution in [3.8, 4) is 0 Å². The summed E-state index contributed by atoms with van der Waals surface area (Å²) in [4.78, 5) is 23.5. The highest BCUT2D eigenvalue weighted by atomic mass is 16.5. The summed E-state index contributed by atoms with van der Waals surface area (Å²) in [7, 11) is 4.12. The highest BCUT2D eigenvalue weighted by Gasteiger charge is 2.24. The topological polar surface area (TPSA) is 59.1 Å². The van der Waals surface area contributed by atoms with Crippen molar-refractivity contribution in [3.05, 3.63) is 30.3 Å². The van der Waals surface area contributed by atoms with Crippen LogP contribution in [-0.4, -0.2) is 44.9 Å². The molecular weight excluding hydrogens is 236 g/mol. The van der Waals surface area contributed by atoms with Crippen LogP contribution in [0.3, 0.4) is 0 Å². The molecule has 0 aliphatic heterocycles. The van der Waals surface area contributed by atoms with Crippen LogP contribution in [0.15, 0.2) is 30.3 Å². The Morgan fingerprint density at radius 3 is 2.28 bits per heavy atom. The van der Waals surface area contributed by atoms with Gasteiger partial charge in [0.25, 0.3) is 5.91 Å². The summed E-state index contributed by atoms with van der Waals surface area (Å²) >= 11 is 0. The largest absolute Gasteiger partial charge is 0.452 e. The summed E-state index contributed by atoms with van der Waals surface area (Å²) in [6.45, 7) is -0.129. The highest BCUT2D eigenvalue weighted by Crippen LogP contribution is 2.16. The molecule has 0 fully saturated rings. The predicted molar refractivity (Wildman–Crippen MR) is 66.0 cm³/mol. The van der Waals surface area contributed by atoms with E-state index in [9.17, 15) is 9.59 Å². The average molecular weight is 252 g/mol. The van der Waals surface area contributed by atoms with Gasteiger partial charge >= 0.3 is 6.09 Å². The van der Waals surface area contributed by atoms with Crippen molar-refractivity contribution in [2.45, 2.75) is 0 Å². The minimum absolute atomic E-state index is 0.129. The molecule has 1 aromatic carbocycles. The lowest BCUT2D eigenvalue weighted by molar-refractivity contribution is -0.124. The van der Waals surface area contributed by atoms with E-state index in [1.807, 2.05) is 6.07 Å². The van der Waals surface area contributed by atoms with Gasteiger partial charge in [-0.2, -0.15) is 0 Å². The molecule has 0 aromatic heterocycles. The number of nitrogens with zero attached hydrogens (tertiary/aromatic N) is 2. The summed E-state index contributed by atoms with van der Waals surface area (Å²) < 4.78 is 9.39. The van der Waals surface area contributed by atoms with Crippen LogP contribution in [0, 0.1) is 0 Å². The quantitative estimate of drug-likeness (QED) is 0.760. The lowest BCUT2D eigenvalue weighted by Gasteiger charge is -2.30. The molecule has 0 saturated heterocycles. The molecule has 0 heterocycles. The molecule has 0 spiro atoms. The number of carbonyl (C=O) groups excluding carboxylic acids is 2. The number of anilines is 1. The Balaban J connectivity index is 3.03. The average Bonchev–Trinajstić information content (AvgIpc) is 2.39. The van der Waals surface area contributed by atoms with Gasteiger partial charge in [0, 0.05) is 14.2 Å². The van der Waals surface area contributed by atoms with Gasteiger partial charge in [0.1, 0.15) is 6.61 Å². The lowest BCUT2D eigenvalue weighted by atomic mass is 10.3. The van der Waals surface area contributed by atoms with Crippen LogP contribution >= 0.6 is 0 Å². The van der Waals surface area contributed by atoms with Crippen molar-refractivity contribution in [1.29, 1.82) is 0 Å². The molecule has 0 atom stereocenters. The van der Waals surface area contributed by atoms with Crippen LogP contribution in [0.25, 0.3) is 0 Å². The van der Waals surface area contributed by atoms with Crippen molar-refractivity contribution in [1.82, 2.24) is 5.01 Å². The molecule has 0 radical (unpaired) electrons. The molecule has 0 unspecified atom stereocenters. The zero-order valence-corrected chi connectivity index (χ0v) is 10.6. The fourth-order valence-electron chi connectivity index (χ4n) is 1.45. The zero-order chi connectivity index (χ0) is 13.5. The van der Waals surface area contributed by atoms with E-state index < -0.39 is 6.09 Å². The van der Waals surface area contributed by atoms with E-state index in [1.54, 1.807) is 24.3 Å². The highest BCUT2D eigenvalue weighted by molar-refractivity contribution is 5.96. The van der Waals surface area contributed by atoms with E-state index in [0.29, 0.717) is 5.69 Å². The van der Waals surface area contributed by atoms with E-state index in [-0.39, 0.29) is 12.5 Å². The van der Waals surface area contributed by atoms with E-state index in [1.165, 1.54) is 26.3 Å². The molecule has 0 bridgehead atoms. The van der Waals surface area contributed by atoms with Gasteiger partial charge in [-0.15, -0.1) is 0 Å². The Labute approximate surface area is 106 Å². The first kappa shape index (κ1) is 14.0. The van der Waals surface area contributed by atoms with Gasteiger partial charge in [-0.1, -0.05) is 18.2 Å². The van der Waals surface area contributed by atoms with Gasteiger partial charge in [-0.25, -0.2) is 14.8 Å². The van der Waals surface area contributed by atoms with Crippen LogP contribution in [0.1, 0.15) is 0 Å². The maximum Gasteiger partial charge on any atom is 0.428 e. The van der Waals surface area contributed by atoms with Gasteiger partial charge < -0.3 is 9.47 Å². The fourth-order valence-corrected chi connectivity index (χ4v) is 1.45. The van der Waals surface area contributed by atoms with Gasteiger partial charge in [0.15, 0.2) is 0 Å². The van der Waals surface area contributed by atoms with Crippen molar-refractivity contribution >= 4 is 17.7 Å². The molecule has 98 valence electrons. The number of para-hydroxylation sites is 1. The van der Waals surface area contributed by atoms with Crippen LogP contribution in [0.2, 0.25) is 0 Å². The maximum atomic E-state index is 12.0. The summed E-state index contributed by atoms with van der Waals surface area (Å²) in [6, 6.07) is 8.79. The third-order valence-corrected chi connectivity index (χ3v) is 2.24. The number of hydrogen-bond acceptors (Lipinski definition) is 4. The number of ether oxygens (including phenoxy) is 2. The van der Waals surface area contributed by atoms with Crippen molar-refractivity contribution in [2.24, 2.45) is 0 Å². The molecule has 0 saturated carbocycles. The standard InChI is InChI=1S/C12H16N2O4/c1-13(12(16)18-3)14(11(15)9-17-2)10-7-5-4-6-8-10/h4-8H,9H2,1-3H3. The Morgan fingerprint density at radius 1 is 1.17 bits per heavy atom. The minimum Gasteiger partial charge on any atom is -0.452 e. The molecular formula is C12H16N2O4. The first-order valence-electron chi connectivity index (χ1n) is 5.30. The van der Waals surface area contributed by atoms with Gasteiger partial charge in [0.2, 0.25) is 0 Å². The zero-order valence-electron chi connectivity index (χ0n) is 10.6. The van der Waals surface area contributed by atoms with Crippen molar-refractivity contribution in [2.75, 3.05) is 32.9 Å². The smallest absolute Gasteiger partial charge is 0.428 e. The van der Waals surface area contributed by atoms with E-state index in [0.717, 1.165) is 5.01 Å². The molecule has 1 rings (SSSR count). The fraction of sp³-hybridized carbons (Fsp3) is 0.333. The van der Waals surface area contributed by atoms with Crippen molar-refractivity contribution < 1.29 is 19.1 Å². The summed E-state index contributed by atoms with van der Waals surface area (Å²) in [6.07, 6.45) is -0.636. The van der Waals surface area contributed by atoms with Gasteiger partial charge in [-0.05, 0) is 12.1 Å². The van der Waals surface area contributed by atoms with Crippen LogP contribution in [-0.2, 0) is 14.3 Å². The van der Waals surface area contributed by atoms with Crippen LogP contribution in [0.4, 0.5) is 10.5 Å². The Morgan fingerprint density at radius 2 is 1.78 bits per heavy atom. The normalized spacial score (nSPS) is 9.72. The second-order valence-corrected chi connectivity index (χ2v) is 3.47. The lowest BCUT2D eigenvalue weighted by Crippen LogP contribution is -2.49. The van der Waals surface area contributed by atoms with E-state index in [2.05, 4.69) is 4.74 Å². The number of amides is 2. The number of carbonyl (C=O) groups is 2. The monoisotopic (exact) mass is 252 g/mol. The second-order valence-electron chi connectivity index (χ2n) is 3.47. The molecule has 0 N–H and O–H groups in total. The van der Waals surface area contributed by atoms with Gasteiger partial charge in [-0.3, -0.25) is 4.79 Å². The van der Waals surface area contributed by atoms with Crippen LogP contribution < -0.4 is 5.01 Å². The summed E-state index contributed by atoms with van der Waals surface area (Å²) in [5, 5.41) is 2.30. The number of hydrazine groups is 1. The Hall–Kier alpha value is -2.08. The second kappa shape index (κ2) is 6.61. The predicted octanol–water partition coefficient (Wildman–Crippen LogP) is 1.28. The number of hydrogen-bond donors (Lipinski definition) is 0. The third kappa shape index (κ3) is 3.21. The number of rotatable bonds is 3. The number of benzene rings is 1. The first-order chi connectivity index (χ1) is 8.61. The Kier molecular flexibility index (Phi) is 5.13. The SMILES string of the molecule is COCC(=O)N(c1ccccc1)N(C)C(=O)OC. The van der Waals surface area contributed by atoms with E-state index >= 15 is 0 Å². The third-order valence-electron chi connectivity index (χ3n) is 2.24. The van der Waals surface area contributed by atoms with Gasteiger partial charge in [0.05, 0.1) is 12.8 Å². The van der Waals surface area contributed by atoms with E-state index in [4.69, 9.17) is 4.74 Å². The molecule has 6 nitrogen and oxygen atoms in total. The molecule has 6 heteroatoms. The molecule has 2 amide bonds. The molecule has 18 heavy (non-hydrogen) atoms. The number of methoxy groups -OCH3 is 2. The minimum atomic E-state index is -0.636. The summed E-state index contributed by atoms with van der Waals surface area (Å²) in [5.74, 6) is -0.364. The van der Waals surface area contributed by atoms with Crippen molar-refractivity contribution in [3.63, 3.8) is 0 Å². The molecule has 1 aromatic rings. The molecule has 0 aliphatic rings. The van der Waals surface area contributed by atoms with Crippen LogP contribution in [0.5, 0.6) is 0 Å². The first-order valence-corrected chi connectivity index (χ1v) is 5.30. The summed E-state index contributed by atoms with van der Waals surface area (Å²) in [5.41, 5.74) is 0.562. The maximum absolute atomic E-state index is 12.0.